The molecule has 0 saturated carbocycles. The molecule has 0 radical (unpaired) electrons. The van der Waals surface area contributed by atoms with Crippen LogP contribution in [0.15, 0.2) is 54.6 Å². The van der Waals surface area contributed by atoms with E-state index in [0.29, 0.717) is 19.4 Å². The number of rotatable bonds is 5. The minimum atomic E-state index is -0.778. The number of ether oxygens (including phenoxy) is 1. The first-order chi connectivity index (χ1) is 15.5. The molecule has 1 aromatic heterocycles. The molecule has 0 aliphatic carbocycles. The van der Waals surface area contributed by atoms with Gasteiger partial charge in [-0.3, -0.25) is 9.59 Å². The van der Waals surface area contributed by atoms with E-state index in [1.807, 2.05) is 42.5 Å². The third kappa shape index (κ3) is 3.05. The summed E-state index contributed by atoms with van der Waals surface area (Å²) in [5, 5.41) is 7.29. The van der Waals surface area contributed by atoms with Crippen LogP contribution in [0.4, 0.5) is 5.69 Å². The molecule has 2 aliphatic heterocycles. The van der Waals surface area contributed by atoms with Crippen LogP contribution in [-0.4, -0.2) is 51.2 Å². The van der Waals surface area contributed by atoms with E-state index in [9.17, 15) is 9.59 Å². The van der Waals surface area contributed by atoms with Crippen molar-refractivity contribution in [2.45, 2.75) is 30.7 Å². The molecule has 2 aromatic carbocycles. The minimum Gasteiger partial charge on any atom is -0.467 e. The fraction of sp³-hybridized carbons (Fsp3) is 0.333. The maximum absolute atomic E-state index is 13.5. The second-order valence-corrected chi connectivity index (χ2v) is 8.31. The Kier molecular flexibility index (Phi) is 4.92. The van der Waals surface area contributed by atoms with Crippen molar-refractivity contribution < 1.29 is 14.3 Å². The number of benzene rings is 2. The first kappa shape index (κ1) is 20.2. The first-order valence-corrected chi connectivity index (χ1v) is 10.8. The molecule has 2 aliphatic rings. The van der Waals surface area contributed by atoms with Gasteiger partial charge in [0.1, 0.15) is 0 Å². The summed E-state index contributed by atoms with van der Waals surface area (Å²) < 4.78 is 6.62. The molecule has 1 saturated heterocycles. The van der Waals surface area contributed by atoms with Crippen LogP contribution < -0.4 is 10.1 Å². The third-order valence-corrected chi connectivity index (χ3v) is 6.66. The Hall–Kier alpha value is -3.68. The van der Waals surface area contributed by atoms with E-state index in [-0.39, 0.29) is 29.7 Å². The van der Waals surface area contributed by atoms with E-state index < -0.39 is 5.41 Å². The molecule has 1 spiro atoms. The van der Waals surface area contributed by atoms with Crippen molar-refractivity contribution in [2.75, 3.05) is 19.0 Å². The Morgan fingerprint density at radius 2 is 1.94 bits per heavy atom. The average Bonchev–Trinajstić information content (AvgIpc) is 3.47. The van der Waals surface area contributed by atoms with Crippen LogP contribution in [0.5, 0.6) is 6.01 Å². The zero-order valence-corrected chi connectivity index (χ0v) is 18.1. The van der Waals surface area contributed by atoms with E-state index >= 15 is 0 Å². The zero-order valence-electron chi connectivity index (χ0n) is 18.1. The Bertz CT molecular complexity index is 1180. The van der Waals surface area contributed by atoms with Crippen LogP contribution in [0.1, 0.15) is 34.6 Å². The number of nitrogens with one attached hydrogen (secondary N) is 1. The average molecular weight is 431 g/mol. The molecule has 164 valence electrons. The molecule has 0 unspecified atom stereocenters. The van der Waals surface area contributed by atoms with Crippen molar-refractivity contribution in [1.82, 2.24) is 19.7 Å². The number of hydrogen-bond donors (Lipinski definition) is 1. The number of carbonyl (C=O) groups excluding carboxylic acids is 2. The van der Waals surface area contributed by atoms with Gasteiger partial charge in [0.05, 0.1) is 18.6 Å². The topological polar surface area (TPSA) is 89.3 Å². The van der Waals surface area contributed by atoms with Gasteiger partial charge in [-0.2, -0.15) is 4.98 Å². The van der Waals surface area contributed by atoms with E-state index in [1.165, 1.54) is 17.4 Å². The Labute approximate surface area is 186 Å². The Morgan fingerprint density at radius 1 is 1.19 bits per heavy atom. The summed E-state index contributed by atoms with van der Waals surface area (Å²) in [5.74, 6) is -0.243. The van der Waals surface area contributed by atoms with Gasteiger partial charge in [0, 0.05) is 19.3 Å². The highest BCUT2D eigenvalue weighted by molar-refractivity contribution is 6.08. The van der Waals surface area contributed by atoms with Crippen LogP contribution >= 0.6 is 0 Å². The molecule has 0 bridgehead atoms. The second-order valence-electron chi connectivity index (χ2n) is 8.31. The monoisotopic (exact) mass is 431 g/mol. The summed E-state index contributed by atoms with van der Waals surface area (Å²) in [7, 11) is 3.17. The second kappa shape index (κ2) is 7.78. The van der Waals surface area contributed by atoms with Crippen molar-refractivity contribution in [3.63, 3.8) is 0 Å². The number of anilines is 1. The molecule has 8 nitrogen and oxygen atoms in total. The van der Waals surface area contributed by atoms with Crippen molar-refractivity contribution >= 4 is 17.5 Å². The van der Waals surface area contributed by atoms with Crippen molar-refractivity contribution in [3.8, 4) is 6.01 Å². The SMILES string of the molecule is COc1nc(C(=O)N2CC[C@@]3(C(=O)Nc4ccccc43)[C@@H]2CCc2ccccc2)nn1C. The van der Waals surface area contributed by atoms with Crippen LogP contribution in [0.2, 0.25) is 0 Å². The molecular formula is C24H25N5O3. The molecule has 2 atom stereocenters. The maximum atomic E-state index is 13.5. The van der Waals surface area contributed by atoms with Gasteiger partial charge in [0.2, 0.25) is 11.7 Å². The molecule has 1 N–H and O–H groups in total. The summed E-state index contributed by atoms with van der Waals surface area (Å²) >= 11 is 0. The van der Waals surface area contributed by atoms with Gasteiger partial charge >= 0.3 is 6.01 Å². The van der Waals surface area contributed by atoms with E-state index in [2.05, 4.69) is 27.5 Å². The normalized spacial score (nSPS) is 21.6. The third-order valence-electron chi connectivity index (χ3n) is 6.66. The van der Waals surface area contributed by atoms with Gasteiger partial charge in [0.25, 0.3) is 5.91 Å². The number of amides is 2. The molecule has 5 rings (SSSR count). The van der Waals surface area contributed by atoms with Crippen LogP contribution in [-0.2, 0) is 23.7 Å². The standard InChI is InChI=1S/C24H25N5O3/c1-28-23(32-2)26-20(27-28)21(30)29-15-14-24(17-10-6-7-11-18(17)25-22(24)31)19(29)13-12-16-8-4-3-5-9-16/h3-11,19H,12-15H2,1-2H3,(H,25,31)/t19-,24-/m0/s1. The number of aryl methyl sites for hydroxylation is 2. The number of carbonyl (C=O) groups is 2. The molecule has 3 heterocycles. The fourth-order valence-corrected chi connectivity index (χ4v) is 5.16. The number of para-hydroxylation sites is 1. The van der Waals surface area contributed by atoms with Gasteiger partial charge in [-0.25, -0.2) is 4.68 Å². The predicted octanol–water partition coefficient (Wildman–Crippen LogP) is 2.56. The number of fused-ring (bicyclic) bond motifs is 2. The minimum absolute atomic E-state index is 0.0429. The highest BCUT2D eigenvalue weighted by Crippen LogP contribution is 2.49. The van der Waals surface area contributed by atoms with Crippen LogP contribution in [0, 0.1) is 0 Å². The molecular weight excluding hydrogens is 406 g/mol. The van der Waals surface area contributed by atoms with Crippen LogP contribution in [0.25, 0.3) is 0 Å². The number of hydrogen-bond acceptors (Lipinski definition) is 5. The molecule has 2 amide bonds. The van der Waals surface area contributed by atoms with Crippen molar-refractivity contribution in [2.24, 2.45) is 7.05 Å². The Balaban J connectivity index is 1.53. The molecule has 32 heavy (non-hydrogen) atoms. The maximum Gasteiger partial charge on any atom is 0.314 e. The van der Waals surface area contributed by atoms with Gasteiger partial charge in [-0.1, -0.05) is 48.5 Å². The summed E-state index contributed by atoms with van der Waals surface area (Å²) in [6, 6.07) is 17.9. The smallest absolute Gasteiger partial charge is 0.314 e. The number of aromatic nitrogens is 3. The highest BCUT2D eigenvalue weighted by Gasteiger charge is 2.58. The first-order valence-electron chi connectivity index (χ1n) is 10.8. The summed E-state index contributed by atoms with van der Waals surface area (Å²) in [4.78, 5) is 32.9. The van der Waals surface area contributed by atoms with E-state index in [4.69, 9.17) is 4.74 Å². The van der Waals surface area contributed by atoms with Crippen LogP contribution in [0.3, 0.4) is 0 Å². The largest absolute Gasteiger partial charge is 0.467 e. The van der Waals surface area contributed by atoms with Gasteiger partial charge < -0.3 is 15.0 Å². The number of methoxy groups -OCH3 is 1. The van der Waals surface area contributed by atoms with Gasteiger partial charge in [-0.05, 0) is 36.5 Å². The lowest BCUT2D eigenvalue weighted by atomic mass is 9.73. The fourth-order valence-electron chi connectivity index (χ4n) is 5.16. The highest BCUT2D eigenvalue weighted by atomic mass is 16.5. The quantitative estimate of drug-likeness (QED) is 0.671. The summed E-state index contributed by atoms with van der Waals surface area (Å²) in [6.07, 6.45) is 1.97. The number of nitrogens with zero attached hydrogens (tertiary/aromatic N) is 4. The lowest BCUT2D eigenvalue weighted by Gasteiger charge is -2.33. The van der Waals surface area contributed by atoms with E-state index in [1.54, 1.807) is 11.9 Å². The summed E-state index contributed by atoms with van der Waals surface area (Å²) in [5.41, 5.74) is 2.19. The molecule has 3 aromatic rings. The van der Waals surface area contributed by atoms with E-state index in [0.717, 1.165) is 17.7 Å². The predicted molar refractivity (Wildman–Crippen MR) is 119 cm³/mol. The summed E-state index contributed by atoms with van der Waals surface area (Å²) in [6.45, 7) is 0.459. The van der Waals surface area contributed by atoms with Gasteiger partial charge in [0.15, 0.2) is 0 Å². The molecule has 8 heteroatoms. The lowest BCUT2D eigenvalue weighted by Crippen LogP contribution is -2.49. The van der Waals surface area contributed by atoms with Gasteiger partial charge in [-0.15, -0.1) is 5.10 Å². The zero-order chi connectivity index (χ0) is 22.3. The molecule has 1 fully saturated rings. The van der Waals surface area contributed by atoms with Crippen molar-refractivity contribution in [3.05, 3.63) is 71.5 Å². The Morgan fingerprint density at radius 3 is 2.69 bits per heavy atom. The van der Waals surface area contributed by atoms with Crippen molar-refractivity contribution in [1.29, 1.82) is 0 Å². The number of likely N-dealkylation sites (tertiary alicyclic amines) is 1. The lowest BCUT2D eigenvalue weighted by molar-refractivity contribution is -0.121.